The maximum absolute atomic E-state index is 13.7. The zero-order valence-electron chi connectivity index (χ0n) is 13.7. The van der Waals surface area contributed by atoms with Crippen LogP contribution in [0.3, 0.4) is 0 Å². The van der Waals surface area contributed by atoms with Gasteiger partial charge in [0.2, 0.25) is 5.13 Å². The van der Waals surface area contributed by atoms with E-state index in [0.29, 0.717) is 16.1 Å². The molecule has 4 rings (SSSR count). The predicted octanol–water partition coefficient (Wildman–Crippen LogP) is 4.47. The minimum Gasteiger partial charge on any atom is -0.362 e. The molecule has 0 radical (unpaired) electrons. The van der Waals surface area contributed by atoms with Gasteiger partial charge in [-0.3, -0.25) is 0 Å². The largest absolute Gasteiger partial charge is 0.438 e. The number of fused-ring (bicyclic) bond motifs is 1. The molecular formula is C18H14F3N3OS. The van der Waals surface area contributed by atoms with Crippen molar-refractivity contribution in [3.8, 4) is 0 Å². The average molecular weight is 377 g/mol. The minimum absolute atomic E-state index is 0.0105. The van der Waals surface area contributed by atoms with Gasteiger partial charge in [0, 0.05) is 0 Å². The van der Waals surface area contributed by atoms with Crippen LogP contribution in [-0.4, -0.2) is 27.7 Å². The summed E-state index contributed by atoms with van der Waals surface area (Å²) in [6.07, 6.45) is -5.55. The van der Waals surface area contributed by atoms with Gasteiger partial charge in [0.15, 0.2) is 0 Å². The van der Waals surface area contributed by atoms with Crippen LogP contribution in [0.15, 0.2) is 53.6 Å². The van der Waals surface area contributed by atoms with Gasteiger partial charge in [-0.2, -0.15) is 23.3 Å². The Hall–Kier alpha value is -2.45. The third kappa shape index (κ3) is 2.65. The summed E-state index contributed by atoms with van der Waals surface area (Å²) in [4.78, 5) is 4.25. The van der Waals surface area contributed by atoms with Gasteiger partial charge in [-0.05, 0) is 30.2 Å². The highest BCUT2D eigenvalue weighted by Gasteiger charge is 2.62. The van der Waals surface area contributed by atoms with Gasteiger partial charge in [-0.15, -0.1) is 0 Å². The van der Waals surface area contributed by atoms with Crippen molar-refractivity contribution in [1.29, 1.82) is 0 Å². The fourth-order valence-corrected chi connectivity index (χ4v) is 3.95. The van der Waals surface area contributed by atoms with Crippen LogP contribution in [0, 0.1) is 6.92 Å². The Morgan fingerprint density at radius 2 is 1.88 bits per heavy atom. The maximum Gasteiger partial charge on any atom is 0.438 e. The summed E-state index contributed by atoms with van der Waals surface area (Å²) in [5.74, 6) is 0. The Kier molecular flexibility index (Phi) is 3.78. The molecule has 0 spiro atoms. The predicted molar refractivity (Wildman–Crippen MR) is 95.4 cm³/mol. The van der Waals surface area contributed by atoms with Gasteiger partial charge in [0.05, 0.1) is 22.3 Å². The van der Waals surface area contributed by atoms with E-state index in [9.17, 15) is 18.3 Å². The molecule has 0 saturated heterocycles. The van der Waals surface area contributed by atoms with Crippen molar-refractivity contribution in [3.05, 3.63) is 59.7 Å². The van der Waals surface area contributed by atoms with Crippen LogP contribution in [0.5, 0.6) is 0 Å². The summed E-state index contributed by atoms with van der Waals surface area (Å²) in [5, 5.41) is 15.2. The Morgan fingerprint density at radius 1 is 1.15 bits per heavy atom. The van der Waals surface area contributed by atoms with E-state index in [2.05, 4.69) is 10.1 Å². The molecule has 0 saturated carbocycles. The van der Waals surface area contributed by atoms with E-state index < -0.39 is 18.3 Å². The summed E-state index contributed by atoms with van der Waals surface area (Å²) in [7, 11) is 0. The number of nitrogens with zero attached hydrogens (tertiary/aromatic N) is 3. The molecule has 2 aromatic carbocycles. The van der Waals surface area contributed by atoms with E-state index in [1.165, 1.54) is 0 Å². The van der Waals surface area contributed by atoms with Crippen LogP contribution < -0.4 is 5.01 Å². The summed E-state index contributed by atoms with van der Waals surface area (Å²) in [6, 6.07) is 14.0. The first kappa shape index (κ1) is 17.0. The fraction of sp³-hybridized carbons (Fsp3) is 0.222. The number of hydrogen-bond acceptors (Lipinski definition) is 5. The molecule has 8 heteroatoms. The Labute approximate surface area is 151 Å². The fourth-order valence-electron chi connectivity index (χ4n) is 2.87. The zero-order valence-corrected chi connectivity index (χ0v) is 14.5. The molecule has 0 fully saturated rings. The Bertz CT molecular complexity index is 1000. The molecule has 0 amide bonds. The van der Waals surface area contributed by atoms with Gasteiger partial charge in [0.25, 0.3) is 5.72 Å². The lowest BCUT2D eigenvalue weighted by molar-refractivity contribution is -0.254. The summed E-state index contributed by atoms with van der Waals surface area (Å²) < 4.78 is 41.8. The number of benzene rings is 2. The van der Waals surface area contributed by atoms with Crippen molar-refractivity contribution in [3.63, 3.8) is 0 Å². The van der Waals surface area contributed by atoms with E-state index >= 15 is 0 Å². The second-order valence-electron chi connectivity index (χ2n) is 6.18. The normalized spacial score (nSPS) is 20.7. The molecule has 1 aromatic heterocycles. The van der Waals surface area contributed by atoms with Gasteiger partial charge in [-0.25, -0.2) is 4.98 Å². The number of hydrazone groups is 1. The lowest BCUT2D eigenvalue weighted by Gasteiger charge is -2.32. The topological polar surface area (TPSA) is 48.7 Å². The quantitative estimate of drug-likeness (QED) is 0.717. The van der Waals surface area contributed by atoms with Gasteiger partial charge >= 0.3 is 6.18 Å². The molecule has 3 aromatic rings. The van der Waals surface area contributed by atoms with Crippen LogP contribution in [0.4, 0.5) is 18.3 Å². The monoisotopic (exact) mass is 377 g/mol. The first-order valence-corrected chi connectivity index (χ1v) is 8.69. The third-order valence-electron chi connectivity index (χ3n) is 4.26. The Balaban J connectivity index is 1.84. The molecule has 1 atom stereocenters. The van der Waals surface area contributed by atoms with Crippen LogP contribution in [0.25, 0.3) is 10.2 Å². The SMILES string of the molecule is Cc1ccc2nc(N3N=C(c4ccccc4)CC3(O)C(F)(F)F)sc2c1. The van der Waals surface area contributed by atoms with Crippen molar-refractivity contribution >= 4 is 32.4 Å². The Morgan fingerprint density at radius 3 is 2.58 bits per heavy atom. The lowest BCUT2D eigenvalue weighted by atomic mass is 10.0. The highest BCUT2D eigenvalue weighted by atomic mass is 32.1. The van der Waals surface area contributed by atoms with Crippen molar-refractivity contribution < 1.29 is 18.3 Å². The van der Waals surface area contributed by atoms with Crippen LogP contribution >= 0.6 is 11.3 Å². The number of aliphatic hydroxyl groups is 1. The average Bonchev–Trinajstić information content (AvgIpc) is 3.16. The number of thiazole rings is 1. The number of anilines is 1. The molecule has 1 aliphatic rings. The van der Waals surface area contributed by atoms with Crippen molar-refractivity contribution in [1.82, 2.24) is 4.98 Å². The van der Waals surface area contributed by atoms with Crippen molar-refractivity contribution in [2.75, 3.05) is 5.01 Å². The maximum atomic E-state index is 13.7. The number of aryl methyl sites for hydroxylation is 1. The van der Waals surface area contributed by atoms with E-state index in [0.717, 1.165) is 21.6 Å². The third-order valence-corrected chi connectivity index (χ3v) is 5.25. The highest BCUT2D eigenvalue weighted by Crippen LogP contribution is 2.45. The molecule has 1 aliphatic heterocycles. The van der Waals surface area contributed by atoms with Gasteiger partial charge < -0.3 is 5.11 Å². The van der Waals surface area contributed by atoms with E-state index in [1.807, 2.05) is 19.1 Å². The van der Waals surface area contributed by atoms with Crippen LogP contribution in [0.1, 0.15) is 17.5 Å². The molecule has 0 bridgehead atoms. The van der Waals surface area contributed by atoms with E-state index in [1.54, 1.807) is 36.4 Å². The number of hydrogen-bond donors (Lipinski definition) is 1. The molecule has 1 unspecified atom stereocenters. The zero-order chi connectivity index (χ0) is 18.5. The minimum atomic E-state index is -4.89. The second-order valence-corrected chi connectivity index (χ2v) is 7.19. The molecule has 0 aliphatic carbocycles. The first-order chi connectivity index (χ1) is 12.3. The summed E-state index contributed by atoms with van der Waals surface area (Å²) in [6.45, 7) is 1.90. The molecule has 4 nitrogen and oxygen atoms in total. The molecule has 1 N–H and O–H groups in total. The van der Waals surface area contributed by atoms with Crippen molar-refractivity contribution in [2.24, 2.45) is 5.10 Å². The number of halogens is 3. The highest BCUT2D eigenvalue weighted by molar-refractivity contribution is 7.22. The standard InChI is InChI=1S/C18H14F3N3OS/c1-11-7-8-13-15(9-11)26-16(22-13)24-17(25,18(19,20)21)10-14(23-24)12-5-3-2-4-6-12/h2-9,25H,10H2,1H3. The smallest absolute Gasteiger partial charge is 0.362 e. The molecule has 2 heterocycles. The van der Waals surface area contributed by atoms with E-state index in [4.69, 9.17) is 0 Å². The van der Waals surface area contributed by atoms with Gasteiger partial charge in [-0.1, -0.05) is 47.7 Å². The summed E-state index contributed by atoms with van der Waals surface area (Å²) in [5.41, 5.74) is -0.867. The molecule has 134 valence electrons. The van der Waals surface area contributed by atoms with E-state index in [-0.39, 0.29) is 10.8 Å². The number of alkyl halides is 3. The van der Waals surface area contributed by atoms with Crippen molar-refractivity contribution in [2.45, 2.75) is 25.2 Å². The molecule has 26 heavy (non-hydrogen) atoms. The number of aromatic nitrogens is 1. The van der Waals surface area contributed by atoms with Crippen LogP contribution in [-0.2, 0) is 0 Å². The van der Waals surface area contributed by atoms with Gasteiger partial charge in [0.1, 0.15) is 0 Å². The lowest BCUT2D eigenvalue weighted by Crippen LogP contribution is -2.55. The number of rotatable bonds is 2. The van der Waals surface area contributed by atoms with Crippen LogP contribution in [0.2, 0.25) is 0 Å². The first-order valence-electron chi connectivity index (χ1n) is 7.87. The molecular weight excluding hydrogens is 363 g/mol. The second kappa shape index (κ2) is 5.78. The summed E-state index contributed by atoms with van der Waals surface area (Å²) >= 11 is 1.07.